The van der Waals surface area contributed by atoms with Crippen molar-refractivity contribution in [3.63, 3.8) is 0 Å². The number of rotatable bonds is 7. The molecule has 2 atom stereocenters. The molecule has 3 N–H and O–H groups in total. The number of thioether (sulfide) groups is 1. The Hall–Kier alpha value is -3.70. The number of carbonyl (C=O) groups excluding carboxylic acids is 1. The number of benzene rings is 3. The largest absolute Gasteiger partial charge is 0.506 e. The van der Waals surface area contributed by atoms with Crippen LogP contribution in [0.25, 0.3) is 11.3 Å². The van der Waals surface area contributed by atoms with Gasteiger partial charge in [0.2, 0.25) is 0 Å². The molecule has 3 aromatic carbocycles. The Morgan fingerprint density at radius 3 is 2.63 bits per heavy atom. The minimum Gasteiger partial charge on any atom is -0.506 e. The summed E-state index contributed by atoms with van der Waals surface area (Å²) in [4.78, 5) is 32.3. The van der Waals surface area contributed by atoms with Gasteiger partial charge in [-0.05, 0) is 48.4 Å². The van der Waals surface area contributed by atoms with Crippen LogP contribution in [0.15, 0.2) is 76.7 Å². The molecule has 0 aliphatic rings. The summed E-state index contributed by atoms with van der Waals surface area (Å²) in [6.07, 6.45) is 0. The lowest BCUT2D eigenvalue weighted by Gasteiger charge is -2.15. The number of H-pyrrole nitrogens is 1. The van der Waals surface area contributed by atoms with Crippen LogP contribution >= 0.6 is 32.6 Å². The quantitative estimate of drug-likeness (QED) is 0.139. The minimum atomic E-state index is -1.61. The van der Waals surface area contributed by atoms with Crippen molar-refractivity contribution in [2.45, 2.75) is 23.2 Å². The van der Waals surface area contributed by atoms with E-state index in [1.54, 1.807) is 42.5 Å². The third kappa shape index (κ3) is 6.40. The standard InChI is InChI=1S/C27H21ClFN4O3PS/c1-27(29,37)18-8-5-16(6-9-18)23-20(13-30)25(36)33-26(32-23)38-14-15-3-2-4-19(11-15)31-24(35)17-7-10-21(28)22(34)12-17/h2-12,34H,14,37H2,1H3,(H,31,35)(H,32,33,36). The molecule has 11 heteroatoms. The van der Waals surface area contributed by atoms with Crippen LogP contribution < -0.4 is 10.9 Å². The van der Waals surface area contributed by atoms with Gasteiger partial charge in [-0.25, -0.2) is 9.37 Å². The molecule has 0 fully saturated rings. The van der Waals surface area contributed by atoms with E-state index in [-0.39, 0.29) is 27.6 Å². The lowest BCUT2D eigenvalue weighted by molar-refractivity contribution is 0.102. The van der Waals surface area contributed by atoms with Gasteiger partial charge < -0.3 is 15.4 Å². The number of hydrogen-bond acceptors (Lipinski definition) is 6. The summed E-state index contributed by atoms with van der Waals surface area (Å²) in [6, 6.07) is 19.7. The van der Waals surface area contributed by atoms with Crippen LogP contribution in [0.4, 0.5) is 10.1 Å². The molecule has 4 aromatic rings. The van der Waals surface area contributed by atoms with E-state index in [1.165, 1.54) is 36.9 Å². The Labute approximate surface area is 229 Å². The van der Waals surface area contributed by atoms with Gasteiger partial charge in [0.05, 0.1) is 10.7 Å². The number of alkyl halides is 1. The van der Waals surface area contributed by atoms with Gasteiger partial charge >= 0.3 is 0 Å². The monoisotopic (exact) mass is 566 g/mol. The van der Waals surface area contributed by atoms with Gasteiger partial charge in [0, 0.05) is 22.6 Å². The maximum Gasteiger partial charge on any atom is 0.270 e. The first-order valence-corrected chi connectivity index (χ1v) is 13.1. The topological polar surface area (TPSA) is 119 Å². The minimum absolute atomic E-state index is 0.131. The van der Waals surface area contributed by atoms with Gasteiger partial charge in [-0.1, -0.05) is 69.0 Å². The molecule has 2 unspecified atom stereocenters. The summed E-state index contributed by atoms with van der Waals surface area (Å²) in [5, 5.41) is 20.9. The van der Waals surface area contributed by atoms with Crippen LogP contribution in [0.1, 0.15) is 34.0 Å². The number of halogens is 2. The van der Waals surface area contributed by atoms with Gasteiger partial charge in [-0.3, -0.25) is 9.59 Å². The molecule has 1 aromatic heterocycles. The summed E-state index contributed by atoms with van der Waals surface area (Å²) >= 11 is 7.05. The molecule has 1 heterocycles. The second kappa shape index (κ2) is 11.4. The summed E-state index contributed by atoms with van der Waals surface area (Å²) in [5.74, 6) is -0.189. The normalized spacial score (nSPS) is 12.4. The number of nitrogens with one attached hydrogen (secondary N) is 2. The maximum absolute atomic E-state index is 14.2. The molecule has 0 radical (unpaired) electrons. The number of carbonyl (C=O) groups is 1. The van der Waals surface area contributed by atoms with Gasteiger partial charge in [0.15, 0.2) is 5.16 Å². The van der Waals surface area contributed by atoms with E-state index in [9.17, 15) is 24.3 Å². The highest BCUT2D eigenvalue weighted by molar-refractivity contribution is 7.98. The Morgan fingerprint density at radius 2 is 1.97 bits per heavy atom. The fraction of sp³-hybridized carbons (Fsp3) is 0.111. The number of phenolic OH excluding ortho intramolecular Hbond substituents is 1. The molecule has 0 bridgehead atoms. The summed E-state index contributed by atoms with van der Waals surface area (Å²) in [7, 11) is 2.12. The molecule has 7 nitrogen and oxygen atoms in total. The molecule has 4 rings (SSSR count). The van der Waals surface area contributed by atoms with Gasteiger partial charge in [0.1, 0.15) is 22.8 Å². The number of aromatic hydroxyl groups is 1. The third-order valence-corrected chi connectivity index (χ3v) is 7.10. The van der Waals surface area contributed by atoms with Crippen molar-refractivity contribution in [3.05, 3.63) is 104 Å². The maximum atomic E-state index is 14.2. The molecular weight excluding hydrogens is 546 g/mol. The van der Waals surface area contributed by atoms with Crippen LogP contribution in [0.2, 0.25) is 5.02 Å². The number of aromatic nitrogens is 2. The summed E-state index contributed by atoms with van der Waals surface area (Å²) < 4.78 is 14.2. The number of nitrogens with zero attached hydrogens (tertiary/aromatic N) is 2. The predicted molar refractivity (Wildman–Crippen MR) is 150 cm³/mol. The number of aromatic amines is 1. The lowest BCUT2D eigenvalue weighted by atomic mass is 10.0. The first-order chi connectivity index (χ1) is 18.0. The second-order valence-corrected chi connectivity index (χ2v) is 10.9. The third-order valence-electron chi connectivity index (χ3n) is 5.50. The van der Waals surface area contributed by atoms with E-state index in [0.29, 0.717) is 27.7 Å². The van der Waals surface area contributed by atoms with E-state index >= 15 is 0 Å². The first-order valence-electron chi connectivity index (χ1n) is 11.2. The zero-order valence-corrected chi connectivity index (χ0v) is 22.7. The van der Waals surface area contributed by atoms with E-state index in [4.69, 9.17) is 11.6 Å². The van der Waals surface area contributed by atoms with Crippen molar-refractivity contribution in [3.8, 4) is 23.1 Å². The zero-order valence-electron chi connectivity index (χ0n) is 20.0. The first kappa shape index (κ1) is 27.3. The fourth-order valence-electron chi connectivity index (χ4n) is 3.54. The molecular formula is C27H21ClFN4O3PS. The highest BCUT2D eigenvalue weighted by Crippen LogP contribution is 2.34. The molecule has 0 saturated carbocycles. The van der Waals surface area contributed by atoms with Gasteiger partial charge in [-0.2, -0.15) is 5.26 Å². The Kier molecular flexibility index (Phi) is 8.17. The van der Waals surface area contributed by atoms with Crippen LogP contribution in [-0.4, -0.2) is 21.0 Å². The molecule has 0 aliphatic carbocycles. The Bertz CT molecular complexity index is 1610. The summed E-state index contributed by atoms with van der Waals surface area (Å²) in [5.41, 5.74) is 2.09. The van der Waals surface area contributed by atoms with Crippen LogP contribution in [0.3, 0.4) is 0 Å². The lowest BCUT2D eigenvalue weighted by Crippen LogP contribution is -2.15. The molecule has 38 heavy (non-hydrogen) atoms. The second-order valence-electron chi connectivity index (χ2n) is 8.47. The van der Waals surface area contributed by atoms with Crippen LogP contribution in [-0.2, 0) is 11.2 Å². The Morgan fingerprint density at radius 1 is 1.24 bits per heavy atom. The van der Waals surface area contributed by atoms with Crippen molar-refractivity contribution in [2.24, 2.45) is 0 Å². The van der Waals surface area contributed by atoms with Crippen molar-refractivity contribution in [2.75, 3.05) is 5.32 Å². The van der Waals surface area contributed by atoms with Gasteiger partial charge in [-0.15, -0.1) is 0 Å². The molecule has 0 saturated heterocycles. The molecule has 192 valence electrons. The average molecular weight is 567 g/mol. The average Bonchev–Trinajstić information content (AvgIpc) is 2.88. The van der Waals surface area contributed by atoms with E-state index in [1.807, 2.05) is 12.1 Å². The van der Waals surface area contributed by atoms with E-state index in [0.717, 1.165) is 5.56 Å². The number of phenols is 1. The Balaban J connectivity index is 1.52. The number of nitriles is 1. The number of hydrogen-bond donors (Lipinski definition) is 3. The number of anilines is 1. The molecule has 0 aliphatic heterocycles. The van der Waals surface area contributed by atoms with Crippen LogP contribution in [0.5, 0.6) is 5.75 Å². The van der Waals surface area contributed by atoms with E-state index < -0.39 is 16.9 Å². The number of amides is 1. The van der Waals surface area contributed by atoms with Crippen molar-refractivity contribution < 1.29 is 14.3 Å². The fourth-order valence-corrected chi connectivity index (χ4v) is 4.65. The molecule has 1 amide bonds. The smallest absolute Gasteiger partial charge is 0.270 e. The van der Waals surface area contributed by atoms with Crippen LogP contribution in [0, 0.1) is 11.3 Å². The zero-order chi connectivity index (χ0) is 27.4. The van der Waals surface area contributed by atoms with Crippen molar-refractivity contribution >= 4 is 44.2 Å². The van der Waals surface area contributed by atoms with E-state index in [2.05, 4.69) is 24.5 Å². The van der Waals surface area contributed by atoms with Crippen molar-refractivity contribution in [1.29, 1.82) is 5.26 Å². The molecule has 0 spiro atoms. The highest BCUT2D eigenvalue weighted by Gasteiger charge is 2.20. The van der Waals surface area contributed by atoms with Crippen molar-refractivity contribution in [1.82, 2.24) is 9.97 Å². The SMILES string of the molecule is CC(F)(P)c1ccc(-c2nc(SCc3cccc(NC(=O)c4ccc(Cl)c(O)c4)c3)[nH]c(=O)c2C#N)cc1. The van der Waals surface area contributed by atoms with Gasteiger partial charge in [0.25, 0.3) is 11.5 Å². The summed E-state index contributed by atoms with van der Waals surface area (Å²) in [6.45, 7) is 1.41. The highest BCUT2D eigenvalue weighted by atomic mass is 35.5. The predicted octanol–water partition coefficient (Wildman–Crippen LogP) is 6.23.